The summed E-state index contributed by atoms with van der Waals surface area (Å²) < 4.78 is 5.37. The molecule has 0 radical (unpaired) electrons. The van der Waals surface area contributed by atoms with Crippen molar-refractivity contribution in [3.8, 4) is 0 Å². The van der Waals surface area contributed by atoms with Crippen molar-refractivity contribution in [2.75, 3.05) is 32.8 Å². The van der Waals surface area contributed by atoms with Crippen LogP contribution in [0, 0.1) is 5.92 Å². The van der Waals surface area contributed by atoms with Gasteiger partial charge in [0.15, 0.2) is 12.0 Å². The number of hydrazine groups is 1. The number of carbonyl (C=O) groups is 2. The van der Waals surface area contributed by atoms with Gasteiger partial charge in [0.1, 0.15) is 17.5 Å². The standard InChI is InChI=1S/C18H32ClN13O3/c19-12-14(28-30-21)24-13(27-29-20)11(23-12)15(33)25-17-26-18(9-32(17)22)3-5-31(6-4-18)16(34)10-1-7-35-8-2-10/h10-11,13,17,23-24,26H,1-9,22H2,(H2,20,27)(H2,21,28)(H,25,33). The first-order chi connectivity index (χ1) is 16.9. The molecular formula is C18H32ClN13O3. The number of nitrogens with one attached hydrogen (secondary N) is 4. The maximum Gasteiger partial charge on any atom is 0.249 e. The number of nitrogens with zero attached hydrogens (tertiary/aromatic N) is 6. The number of amides is 2. The molecule has 0 bridgehead atoms. The predicted octanol–water partition coefficient (Wildman–Crippen LogP) is -2.14. The lowest BCUT2D eigenvalue weighted by Gasteiger charge is -2.40. The average Bonchev–Trinajstić information content (AvgIpc) is 3.15. The van der Waals surface area contributed by atoms with Gasteiger partial charge in [-0.2, -0.15) is 0 Å². The molecule has 4 heterocycles. The number of likely N-dealkylation sites (tertiary alicyclic amines) is 1. The third-order valence-corrected chi connectivity index (χ3v) is 7.15. The molecule has 0 aromatic carbocycles. The van der Waals surface area contributed by atoms with Gasteiger partial charge in [0, 0.05) is 44.3 Å². The average molecular weight is 514 g/mol. The van der Waals surface area contributed by atoms with Gasteiger partial charge >= 0.3 is 0 Å². The number of halogens is 1. The van der Waals surface area contributed by atoms with Crippen LogP contribution >= 0.6 is 11.6 Å². The molecule has 10 N–H and O–H groups in total. The maximum absolute atomic E-state index is 13.1. The van der Waals surface area contributed by atoms with Crippen LogP contribution in [0.1, 0.15) is 25.7 Å². The topological polar surface area (TPSA) is 225 Å². The lowest BCUT2D eigenvalue weighted by molar-refractivity contribution is -0.140. The SMILES string of the molecule is NN=NC1=C(Cl)NC(C(=O)NC2NC3(CCN(C(=O)C4CCOCC4)CC3)CN2N)C(N=NN)N1. The summed E-state index contributed by atoms with van der Waals surface area (Å²) >= 11 is 6.15. The van der Waals surface area contributed by atoms with Crippen LogP contribution in [0.25, 0.3) is 0 Å². The summed E-state index contributed by atoms with van der Waals surface area (Å²) in [6.07, 6.45) is 1.44. The molecule has 17 heteroatoms. The number of ether oxygens (including phenoxy) is 1. The maximum atomic E-state index is 13.1. The summed E-state index contributed by atoms with van der Waals surface area (Å²) in [5.41, 5.74) is -0.319. The van der Waals surface area contributed by atoms with Crippen molar-refractivity contribution in [1.82, 2.24) is 31.2 Å². The van der Waals surface area contributed by atoms with Crippen LogP contribution in [0.2, 0.25) is 0 Å². The largest absolute Gasteiger partial charge is 0.381 e. The van der Waals surface area contributed by atoms with Crippen molar-refractivity contribution in [3.63, 3.8) is 0 Å². The van der Waals surface area contributed by atoms with Gasteiger partial charge in [0.2, 0.25) is 11.8 Å². The molecular weight excluding hydrogens is 482 g/mol. The highest BCUT2D eigenvalue weighted by Gasteiger charge is 2.47. The van der Waals surface area contributed by atoms with E-state index >= 15 is 0 Å². The van der Waals surface area contributed by atoms with E-state index in [4.69, 9.17) is 33.9 Å². The Morgan fingerprint density at radius 1 is 1.14 bits per heavy atom. The molecule has 194 valence electrons. The van der Waals surface area contributed by atoms with Gasteiger partial charge in [-0.15, -0.1) is 10.2 Å². The molecule has 0 aliphatic carbocycles. The Labute approximate surface area is 207 Å². The second kappa shape index (κ2) is 10.9. The van der Waals surface area contributed by atoms with Crippen LogP contribution in [0.15, 0.2) is 31.7 Å². The second-order valence-corrected chi connectivity index (χ2v) is 9.42. The summed E-state index contributed by atoms with van der Waals surface area (Å²) in [7, 11) is 0. The number of nitrogens with two attached hydrogens (primary N) is 3. The minimum atomic E-state index is -0.961. The molecule has 0 aromatic rings. The van der Waals surface area contributed by atoms with Gasteiger partial charge in [-0.25, -0.2) is 5.01 Å². The highest BCUT2D eigenvalue weighted by Crippen LogP contribution is 2.30. The lowest BCUT2D eigenvalue weighted by atomic mass is 9.87. The fourth-order valence-corrected chi connectivity index (χ4v) is 5.15. The van der Waals surface area contributed by atoms with E-state index < -0.39 is 24.4 Å². The molecule has 3 saturated heterocycles. The molecule has 0 saturated carbocycles. The number of piperidine rings is 1. The highest BCUT2D eigenvalue weighted by molar-refractivity contribution is 6.29. The lowest BCUT2D eigenvalue weighted by Crippen LogP contribution is -2.63. The molecule has 35 heavy (non-hydrogen) atoms. The summed E-state index contributed by atoms with van der Waals surface area (Å²) in [4.78, 5) is 27.9. The molecule has 0 aromatic heterocycles. The summed E-state index contributed by atoms with van der Waals surface area (Å²) in [5, 5.41) is 27.4. The molecule has 3 atom stereocenters. The molecule has 16 nitrogen and oxygen atoms in total. The molecule has 4 aliphatic heterocycles. The fourth-order valence-electron chi connectivity index (χ4n) is 4.94. The molecule has 1 spiro atoms. The zero-order valence-electron chi connectivity index (χ0n) is 19.2. The van der Waals surface area contributed by atoms with Crippen molar-refractivity contribution in [1.29, 1.82) is 0 Å². The quantitative estimate of drug-likeness (QED) is 0.0912. The monoisotopic (exact) mass is 513 g/mol. The van der Waals surface area contributed by atoms with E-state index in [1.54, 1.807) is 0 Å². The zero-order valence-corrected chi connectivity index (χ0v) is 19.9. The van der Waals surface area contributed by atoms with Crippen molar-refractivity contribution in [3.05, 3.63) is 11.0 Å². The molecule has 3 fully saturated rings. The van der Waals surface area contributed by atoms with E-state index in [-0.39, 0.29) is 28.3 Å². The zero-order chi connectivity index (χ0) is 25.0. The van der Waals surface area contributed by atoms with E-state index in [2.05, 4.69) is 41.9 Å². The first-order valence-corrected chi connectivity index (χ1v) is 11.8. The van der Waals surface area contributed by atoms with Crippen molar-refractivity contribution in [2.45, 2.75) is 49.7 Å². The smallest absolute Gasteiger partial charge is 0.249 e. The highest BCUT2D eigenvalue weighted by atomic mass is 35.5. The van der Waals surface area contributed by atoms with Crippen LogP contribution in [-0.4, -0.2) is 78.6 Å². The van der Waals surface area contributed by atoms with Crippen LogP contribution in [-0.2, 0) is 14.3 Å². The molecule has 3 unspecified atom stereocenters. The normalized spacial score (nSPS) is 30.1. The summed E-state index contributed by atoms with van der Waals surface area (Å²) in [5.74, 6) is 16.4. The van der Waals surface area contributed by atoms with Crippen LogP contribution in [0.4, 0.5) is 0 Å². The number of hydrogen-bond donors (Lipinski definition) is 7. The Bertz CT molecular complexity index is 885. The van der Waals surface area contributed by atoms with Gasteiger partial charge in [-0.05, 0) is 25.7 Å². The van der Waals surface area contributed by atoms with E-state index in [0.29, 0.717) is 32.8 Å². The van der Waals surface area contributed by atoms with Crippen LogP contribution in [0.5, 0.6) is 0 Å². The Kier molecular flexibility index (Phi) is 7.85. The first kappa shape index (κ1) is 25.3. The minimum Gasteiger partial charge on any atom is -0.381 e. The third-order valence-electron chi connectivity index (χ3n) is 6.86. The summed E-state index contributed by atoms with van der Waals surface area (Å²) in [6.45, 7) is 3.05. The van der Waals surface area contributed by atoms with E-state index in [9.17, 15) is 9.59 Å². The van der Waals surface area contributed by atoms with Gasteiger partial charge in [0.05, 0.1) is 0 Å². The molecule has 2 amide bonds. The van der Waals surface area contributed by atoms with Crippen molar-refractivity contribution in [2.24, 2.45) is 44.1 Å². The third kappa shape index (κ3) is 5.56. The van der Waals surface area contributed by atoms with E-state index in [0.717, 1.165) is 25.7 Å². The predicted molar refractivity (Wildman–Crippen MR) is 123 cm³/mol. The van der Waals surface area contributed by atoms with Gasteiger partial charge < -0.3 is 37.3 Å². The fraction of sp³-hybridized carbons (Fsp3) is 0.778. The first-order valence-electron chi connectivity index (χ1n) is 11.5. The Morgan fingerprint density at radius 2 is 1.86 bits per heavy atom. The van der Waals surface area contributed by atoms with E-state index in [1.807, 2.05) is 4.90 Å². The van der Waals surface area contributed by atoms with Crippen molar-refractivity contribution >= 4 is 23.4 Å². The minimum absolute atomic E-state index is 0.0323. The molecule has 4 aliphatic rings. The van der Waals surface area contributed by atoms with Gasteiger partial charge in [-0.1, -0.05) is 22.0 Å². The van der Waals surface area contributed by atoms with Crippen LogP contribution in [0.3, 0.4) is 0 Å². The molecule has 4 rings (SSSR count). The Hall–Kier alpha value is -2.79. The Balaban J connectivity index is 1.34. The second-order valence-electron chi connectivity index (χ2n) is 9.04. The van der Waals surface area contributed by atoms with Gasteiger partial charge in [0.25, 0.3) is 0 Å². The van der Waals surface area contributed by atoms with Gasteiger partial charge in [-0.3, -0.25) is 20.7 Å². The van der Waals surface area contributed by atoms with Crippen molar-refractivity contribution < 1.29 is 14.3 Å². The number of carbonyl (C=O) groups excluding carboxylic acids is 2. The van der Waals surface area contributed by atoms with Crippen LogP contribution < -0.4 is 38.8 Å². The Morgan fingerprint density at radius 3 is 2.51 bits per heavy atom. The summed E-state index contributed by atoms with van der Waals surface area (Å²) in [6, 6.07) is -0.961. The van der Waals surface area contributed by atoms with E-state index in [1.165, 1.54) is 5.01 Å². The number of rotatable bonds is 5. The number of hydrogen-bond acceptors (Lipinski definition) is 12.